The number of halogens is 1. The molecular formula is C20H35IN4O2. The highest BCUT2D eigenvalue weighted by Gasteiger charge is 2.05. The van der Waals surface area contributed by atoms with Gasteiger partial charge in [-0.2, -0.15) is 0 Å². The van der Waals surface area contributed by atoms with E-state index in [1.165, 1.54) is 24.8 Å². The number of hydrogen-bond donors (Lipinski definition) is 3. The van der Waals surface area contributed by atoms with Gasteiger partial charge >= 0.3 is 0 Å². The van der Waals surface area contributed by atoms with Crippen LogP contribution in [-0.2, 0) is 11.2 Å². The molecule has 0 aliphatic rings. The van der Waals surface area contributed by atoms with E-state index in [0.717, 1.165) is 25.3 Å². The van der Waals surface area contributed by atoms with Crippen molar-refractivity contribution in [2.24, 2.45) is 10.7 Å². The maximum Gasteiger partial charge on any atom is 0.255 e. The summed E-state index contributed by atoms with van der Waals surface area (Å²) in [7, 11) is 0. The molecule has 0 spiro atoms. The van der Waals surface area contributed by atoms with Crippen molar-refractivity contribution >= 4 is 35.8 Å². The molecule has 0 bridgehead atoms. The van der Waals surface area contributed by atoms with Crippen molar-refractivity contribution in [3.63, 3.8) is 0 Å². The number of nitrogens with two attached hydrogens (primary N) is 1. The number of nitrogens with zero attached hydrogens (tertiary/aromatic N) is 1. The predicted octanol–water partition coefficient (Wildman–Crippen LogP) is 3.24. The summed E-state index contributed by atoms with van der Waals surface area (Å²) >= 11 is 0. The number of guanidine groups is 1. The van der Waals surface area contributed by atoms with E-state index >= 15 is 0 Å². The third-order valence-electron chi connectivity index (χ3n) is 3.94. The van der Waals surface area contributed by atoms with Crippen LogP contribution in [0.4, 0.5) is 0 Å². The molecule has 1 amide bonds. The summed E-state index contributed by atoms with van der Waals surface area (Å²) in [6.07, 6.45) is 5.77. The molecule has 0 fully saturated rings. The molecular weight excluding hydrogens is 455 g/mol. The normalized spacial score (nSPS) is 12.0. The molecule has 0 aliphatic carbocycles. The number of amides is 1. The Balaban J connectivity index is 0.00000676. The van der Waals surface area contributed by atoms with Crippen LogP contribution < -0.4 is 21.1 Å². The fourth-order valence-electron chi connectivity index (χ4n) is 2.53. The van der Waals surface area contributed by atoms with E-state index in [1.807, 2.05) is 24.3 Å². The van der Waals surface area contributed by atoms with E-state index in [4.69, 9.17) is 10.5 Å². The van der Waals surface area contributed by atoms with Crippen molar-refractivity contribution in [2.45, 2.75) is 58.9 Å². The van der Waals surface area contributed by atoms with Gasteiger partial charge in [-0.15, -0.1) is 24.0 Å². The largest absolute Gasteiger partial charge is 0.484 e. The van der Waals surface area contributed by atoms with Crippen LogP contribution in [0.3, 0.4) is 0 Å². The summed E-state index contributed by atoms with van der Waals surface area (Å²) < 4.78 is 5.26. The van der Waals surface area contributed by atoms with Gasteiger partial charge in [0, 0.05) is 19.1 Å². The Labute approximate surface area is 180 Å². The van der Waals surface area contributed by atoms with Crippen molar-refractivity contribution in [3.05, 3.63) is 29.8 Å². The molecule has 1 aromatic carbocycles. The van der Waals surface area contributed by atoms with E-state index in [-0.39, 0.29) is 30.6 Å². The lowest BCUT2D eigenvalue weighted by Gasteiger charge is -2.17. The van der Waals surface area contributed by atoms with Crippen molar-refractivity contribution < 1.29 is 9.53 Å². The second-order valence-corrected chi connectivity index (χ2v) is 6.45. The lowest BCUT2D eigenvalue weighted by atomic mass is 10.1. The van der Waals surface area contributed by atoms with Crippen LogP contribution >= 0.6 is 24.0 Å². The predicted molar refractivity (Wildman–Crippen MR) is 123 cm³/mol. The van der Waals surface area contributed by atoms with Crippen LogP contribution in [0, 0.1) is 0 Å². The summed E-state index contributed by atoms with van der Waals surface area (Å²) in [6.45, 7) is 7.95. The SMILES string of the molecule is CCCCCC(C)NC(=NCCc1ccc(OCC(N)=O)cc1)NCC.I. The number of hydrogen-bond acceptors (Lipinski definition) is 3. The van der Waals surface area contributed by atoms with Crippen LogP contribution in [0.5, 0.6) is 5.75 Å². The Bertz CT molecular complexity index is 549. The number of benzene rings is 1. The van der Waals surface area contributed by atoms with E-state index < -0.39 is 5.91 Å². The summed E-state index contributed by atoms with van der Waals surface area (Å²) in [5, 5.41) is 6.78. The highest BCUT2D eigenvalue weighted by molar-refractivity contribution is 14.0. The summed E-state index contributed by atoms with van der Waals surface area (Å²) in [5.74, 6) is 1.04. The number of unbranched alkanes of at least 4 members (excludes halogenated alkanes) is 2. The number of carbonyl (C=O) groups excluding carboxylic acids is 1. The molecule has 27 heavy (non-hydrogen) atoms. The van der Waals surface area contributed by atoms with Crippen molar-refractivity contribution in [2.75, 3.05) is 19.7 Å². The first-order valence-corrected chi connectivity index (χ1v) is 9.60. The Kier molecular flexibility index (Phi) is 14.7. The highest BCUT2D eigenvalue weighted by atomic mass is 127. The second kappa shape index (κ2) is 15.5. The molecule has 7 heteroatoms. The fraction of sp³-hybridized carbons (Fsp3) is 0.600. The molecule has 0 aliphatic heterocycles. The van der Waals surface area contributed by atoms with Gasteiger partial charge in [-0.05, 0) is 44.4 Å². The average molecular weight is 490 g/mol. The number of nitrogens with one attached hydrogen (secondary N) is 2. The monoisotopic (exact) mass is 490 g/mol. The molecule has 1 rings (SSSR count). The number of rotatable bonds is 12. The number of ether oxygens (including phenoxy) is 1. The van der Waals surface area contributed by atoms with Crippen molar-refractivity contribution in [3.8, 4) is 5.75 Å². The maximum atomic E-state index is 10.7. The second-order valence-electron chi connectivity index (χ2n) is 6.45. The number of carbonyl (C=O) groups is 1. The number of primary amides is 1. The molecule has 0 saturated carbocycles. The third-order valence-corrected chi connectivity index (χ3v) is 3.94. The van der Waals surface area contributed by atoms with E-state index in [1.54, 1.807) is 0 Å². The Morgan fingerprint density at radius 3 is 2.52 bits per heavy atom. The van der Waals surface area contributed by atoms with E-state index in [9.17, 15) is 4.79 Å². The highest BCUT2D eigenvalue weighted by Crippen LogP contribution is 2.12. The van der Waals surface area contributed by atoms with Crippen LogP contribution in [0.15, 0.2) is 29.3 Å². The van der Waals surface area contributed by atoms with Crippen LogP contribution in [0.2, 0.25) is 0 Å². The zero-order valence-corrected chi connectivity index (χ0v) is 19.1. The van der Waals surface area contributed by atoms with Gasteiger partial charge in [-0.1, -0.05) is 38.3 Å². The molecule has 154 valence electrons. The van der Waals surface area contributed by atoms with Crippen molar-refractivity contribution in [1.29, 1.82) is 0 Å². The molecule has 1 aromatic rings. The minimum atomic E-state index is -0.476. The van der Waals surface area contributed by atoms with Gasteiger partial charge in [0.1, 0.15) is 5.75 Å². The van der Waals surface area contributed by atoms with Gasteiger partial charge < -0.3 is 21.1 Å². The first-order chi connectivity index (χ1) is 12.5. The minimum Gasteiger partial charge on any atom is -0.484 e. The van der Waals surface area contributed by atoms with Gasteiger partial charge in [0.2, 0.25) is 0 Å². The molecule has 0 saturated heterocycles. The van der Waals surface area contributed by atoms with E-state index in [0.29, 0.717) is 18.3 Å². The first-order valence-electron chi connectivity index (χ1n) is 9.60. The first kappa shape index (κ1) is 25.5. The van der Waals surface area contributed by atoms with Gasteiger partial charge in [-0.3, -0.25) is 9.79 Å². The quantitative estimate of drug-likeness (QED) is 0.182. The summed E-state index contributed by atoms with van der Waals surface area (Å²) in [4.78, 5) is 15.4. The van der Waals surface area contributed by atoms with Gasteiger partial charge in [0.25, 0.3) is 5.91 Å². The topological polar surface area (TPSA) is 88.7 Å². The third kappa shape index (κ3) is 12.5. The molecule has 6 nitrogen and oxygen atoms in total. The standard InChI is InChI=1S/C20H34N4O2.HI/c1-4-6-7-8-16(3)24-20(22-5-2)23-14-13-17-9-11-18(12-10-17)26-15-19(21)25;/h9-12,16H,4-8,13-15H2,1-3H3,(H2,21,25)(H2,22,23,24);1H. The average Bonchev–Trinajstić information content (AvgIpc) is 2.61. The Morgan fingerprint density at radius 1 is 1.22 bits per heavy atom. The molecule has 1 unspecified atom stereocenters. The molecule has 0 heterocycles. The Morgan fingerprint density at radius 2 is 1.93 bits per heavy atom. The van der Waals surface area contributed by atoms with Crippen LogP contribution in [-0.4, -0.2) is 37.6 Å². The van der Waals surface area contributed by atoms with E-state index in [2.05, 4.69) is 36.4 Å². The maximum absolute atomic E-state index is 10.7. The smallest absolute Gasteiger partial charge is 0.255 e. The molecule has 1 atom stereocenters. The summed E-state index contributed by atoms with van der Waals surface area (Å²) in [6, 6.07) is 8.09. The van der Waals surface area contributed by atoms with Crippen LogP contribution in [0.1, 0.15) is 52.0 Å². The van der Waals surface area contributed by atoms with Gasteiger partial charge in [0.05, 0.1) is 0 Å². The fourth-order valence-corrected chi connectivity index (χ4v) is 2.53. The van der Waals surface area contributed by atoms with Crippen LogP contribution in [0.25, 0.3) is 0 Å². The zero-order chi connectivity index (χ0) is 19.2. The molecule has 0 radical (unpaired) electrons. The molecule has 0 aromatic heterocycles. The summed E-state index contributed by atoms with van der Waals surface area (Å²) in [5.41, 5.74) is 6.24. The van der Waals surface area contributed by atoms with Gasteiger partial charge in [0.15, 0.2) is 12.6 Å². The lowest BCUT2D eigenvalue weighted by molar-refractivity contribution is -0.119. The lowest BCUT2D eigenvalue weighted by Crippen LogP contribution is -2.42. The molecule has 4 N–H and O–H groups in total. The Hall–Kier alpha value is -1.51. The number of aliphatic imine (C=N–C) groups is 1. The van der Waals surface area contributed by atoms with Crippen molar-refractivity contribution in [1.82, 2.24) is 10.6 Å². The minimum absolute atomic E-state index is 0. The zero-order valence-electron chi connectivity index (χ0n) is 16.8. The van der Waals surface area contributed by atoms with Gasteiger partial charge in [-0.25, -0.2) is 0 Å².